The molecule has 2 fully saturated rings. The van der Waals surface area contributed by atoms with Crippen LogP contribution in [0, 0.1) is 0 Å². The summed E-state index contributed by atoms with van der Waals surface area (Å²) in [6, 6.07) is 0. The predicted octanol–water partition coefficient (Wildman–Crippen LogP) is 7.49. The Balaban J connectivity index is 1.83. The van der Waals surface area contributed by atoms with Gasteiger partial charge in [0.15, 0.2) is 18.7 Å². The van der Waals surface area contributed by atoms with Gasteiger partial charge in [-0.3, -0.25) is 9.59 Å². The number of hydrogen-bond donors (Lipinski definition) is 7. The second-order valence-electron chi connectivity index (χ2n) is 18.3. The first-order chi connectivity index (χ1) is 33.0. The highest BCUT2D eigenvalue weighted by atomic mass is 16.7. The molecule has 68 heavy (non-hydrogen) atoms. The van der Waals surface area contributed by atoms with Gasteiger partial charge in [-0.15, -0.1) is 0 Å². The Labute approximate surface area is 408 Å². The number of unbranched alkanes of at least 4 members (excludes halogenated alkanes) is 18. The molecule has 2 saturated heterocycles. The van der Waals surface area contributed by atoms with Crippen molar-refractivity contribution in [1.29, 1.82) is 0 Å². The fraction of sp³-hybridized carbons (Fsp3) is 0.811. The van der Waals surface area contributed by atoms with Crippen LogP contribution in [0.3, 0.4) is 0 Å². The lowest BCUT2D eigenvalue weighted by Crippen LogP contribution is -2.61. The van der Waals surface area contributed by atoms with Crippen molar-refractivity contribution in [3.63, 3.8) is 0 Å². The molecule has 2 aliphatic heterocycles. The fourth-order valence-electron chi connectivity index (χ4n) is 7.92. The number of esters is 2. The lowest BCUT2D eigenvalue weighted by molar-refractivity contribution is -0.332. The predicted molar refractivity (Wildman–Crippen MR) is 261 cm³/mol. The van der Waals surface area contributed by atoms with Crippen molar-refractivity contribution in [2.75, 3.05) is 26.4 Å². The van der Waals surface area contributed by atoms with Crippen LogP contribution in [-0.2, 0) is 38.0 Å². The second kappa shape index (κ2) is 40.1. The molecule has 0 saturated carbocycles. The van der Waals surface area contributed by atoms with Crippen molar-refractivity contribution < 1.29 is 73.8 Å². The monoisotopic (exact) mass is 969 g/mol. The number of carbonyl (C=O) groups is 2. The van der Waals surface area contributed by atoms with E-state index in [1.807, 2.05) is 0 Å². The van der Waals surface area contributed by atoms with Crippen LogP contribution in [0.5, 0.6) is 0 Å². The van der Waals surface area contributed by atoms with E-state index >= 15 is 0 Å². The normalized spacial score (nSPS) is 26.1. The third kappa shape index (κ3) is 27.7. The molecule has 0 aromatic rings. The topological polar surface area (TPSA) is 231 Å². The summed E-state index contributed by atoms with van der Waals surface area (Å²) in [7, 11) is 0. The summed E-state index contributed by atoms with van der Waals surface area (Å²) in [5.41, 5.74) is 0. The molecule has 4 unspecified atom stereocenters. The van der Waals surface area contributed by atoms with E-state index in [4.69, 9.17) is 28.4 Å². The highest BCUT2D eigenvalue weighted by molar-refractivity contribution is 5.70. The van der Waals surface area contributed by atoms with Crippen molar-refractivity contribution in [2.45, 2.75) is 248 Å². The van der Waals surface area contributed by atoms with Gasteiger partial charge in [-0.25, -0.2) is 0 Å². The molecule has 0 aliphatic carbocycles. The maximum Gasteiger partial charge on any atom is 0.306 e. The average molecular weight is 969 g/mol. The molecule has 0 aromatic heterocycles. The minimum absolute atomic E-state index is 0.135. The summed E-state index contributed by atoms with van der Waals surface area (Å²) >= 11 is 0. The third-order valence-corrected chi connectivity index (χ3v) is 12.3. The van der Waals surface area contributed by atoms with Crippen LogP contribution in [0.15, 0.2) is 48.6 Å². The molecule has 2 rings (SSSR count). The van der Waals surface area contributed by atoms with Crippen LogP contribution < -0.4 is 0 Å². The summed E-state index contributed by atoms with van der Waals surface area (Å²) in [5, 5.41) is 72.1. The van der Waals surface area contributed by atoms with Crippen molar-refractivity contribution in [3.8, 4) is 0 Å². The van der Waals surface area contributed by atoms with Crippen molar-refractivity contribution in [3.05, 3.63) is 48.6 Å². The first-order valence-corrected chi connectivity index (χ1v) is 26.2. The Kier molecular flexibility index (Phi) is 36.3. The van der Waals surface area contributed by atoms with Crippen LogP contribution in [0.4, 0.5) is 0 Å². The summed E-state index contributed by atoms with van der Waals surface area (Å²) < 4.78 is 33.5. The van der Waals surface area contributed by atoms with E-state index in [1.54, 1.807) is 0 Å². The van der Waals surface area contributed by atoms with E-state index in [9.17, 15) is 45.3 Å². The number of aliphatic hydroxyl groups excluding tert-OH is 7. The van der Waals surface area contributed by atoms with E-state index in [1.165, 1.54) is 77.0 Å². The molecule has 2 aliphatic rings. The molecule has 394 valence electrons. The first kappa shape index (κ1) is 61.6. The summed E-state index contributed by atoms with van der Waals surface area (Å²) in [6.45, 7) is 2.51. The van der Waals surface area contributed by atoms with Gasteiger partial charge in [-0.1, -0.05) is 140 Å². The Morgan fingerprint density at radius 2 is 0.882 bits per heavy atom. The first-order valence-electron chi connectivity index (χ1n) is 26.2. The second-order valence-corrected chi connectivity index (χ2v) is 18.3. The van der Waals surface area contributed by atoms with Crippen LogP contribution >= 0.6 is 0 Å². The summed E-state index contributed by atoms with van der Waals surface area (Å²) in [5.74, 6) is -0.976. The van der Waals surface area contributed by atoms with Gasteiger partial charge < -0.3 is 64.2 Å². The Morgan fingerprint density at radius 3 is 1.46 bits per heavy atom. The van der Waals surface area contributed by atoms with E-state index < -0.39 is 99.3 Å². The molecule has 0 amide bonds. The van der Waals surface area contributed by atoms with Gasteiger partial charge in [0.25, 0.3) is 0 Å². The number of rotatable bonds is 40. The van der Waals surface area contributed by atoms with Gasteiger partial charge in [0.2, 0.25) is 0 Å². The van der Waals surface area contributed by atoms with Crippen LogP contribution in [0.25, 0.3) is 0 Å². The number of ether oxygens (including phenoxy) is 6. The third-order valence-electron chi connectivity index (χ3n) is 12.3. The van der Waals surface area contributed by atoms with Crippen molar-refractivity contribution >= 4 is 11.9 Å². The zero-order valence-corrected chi connectivity index (χ0v) is 41.6. The minimum Gasteiger partial charge on any atom is -0.462 e. The van der Waals surface area contributed by atoms with Crippen LogP contribution in [0.2, 0.25) is 0 Å². The number of hydrogen-bond acceptors (Lipinski definition) is 15. The van der Waals surface area contributed by atoms with Crippen molar-refractivity contribution in [1.82, 2.24) is 0 Å². The molecule has 15 heteroatoms. The highest BCUT2D eigenvalue weighted by Crippen LogP contribution is 2.26. The SMILES string of the molecule is CCCCC/C=C/C/C=C/C/C=C/CCCCCCC(=O)O[C@H](COC(=O)CCCC/C=C/CCCCCCCCCCC)CO[C@H]1O[C@@H](CO[C@H]2O[C@@H](CO)[C@@H](O)C(O)C2O)[C@@H](O)C(O)C1O. The lowest BCUT2D eigenvalue weighted by atomic mass is 9.98. The van der Waals surface area contributed by atoms with Gasteiger partial charge in [0.05, 0.1) is 19.8 Å². The van der Waals surface area contributed by atoms with Gasteiger partial charge in [0, 0.05) is 12.8 Å². The largest absolute Gasteiger partial charge is 0.462 e. The maximum atomic E-state index is 13.0. The van der Waals surface area contributed by atoms with E-state index in [0.29, 0.717) is 12.8 Å². The van der Waals surface area contributed by atoms with Gasteiger partial charge in [-0.2, -0.15) is 0 Å². The number of carbonyl (C=O) groups excluding carboxylic acids is 2. The summed E-state index contributed by atoms with van der Waals surface area (Å²) in [4.78, 5) is 25.8. The van der Waals surface area contributed by atoms with Gasteiger partial charge in [-0.05, 0) is 77.0 Å². The summed E-state index contributed by atoms with van der Waals surface area (Å²) in [6.07, 6.45) is 27.1. The molecule has 0 aromatic carbocycles. The molecular weight excluding hydrogens is 877 g/mol. The molecule has 7 N–H and O–H groups in total. The van der Waals surface area contributed by atoms with Crippen LogP contribution in [-0.4, -0.2) is 142 Å². The fourth-order valence-corrected chi connectivity index (χ4v) is 7.92. The minimum atomic E-state index is -1.77. The molecule has 11 atom stereocenters. The maximum absolute atomic E-state index is 13.0. The quantitative estimate of drug-likeness (QED) is 0.0179. The Morgan fingerprint density at radius 1 is 0.471 bits per heavy atom. The molecular formula is C53H92O15. The van der Waals surface area contributed by atoms with Gasteiger partial charge in [0.1, 0.15) is 55.4 Å². The standard InChI is InChI=1S/C53H92O15/c1-3-5-7-9-11-13-15-17-19-20-22-24-26-28-30-32-34-36-45(56)66-41(38-63-44(55)35-33-31-29-27-25-23-21-18-16-14-12-10-8-6-4-2)39-64-52-51(62)49(60)47(58)43(68-52)40-65-53-50(61)48(59)46(57)42(37-54)67-53/h11,13,17,19,22,24-25,27,41-43,46-54,57-62H,3-10,12,14-16,18,20-21,23,26,28-40H2,1-2H3/b13-11+,19-17+,24-22+,27-25+/t41-,42+,43+,46-,47-,48?,49?,50?,51?,52+,53+/m1/s1. The smallest absolute Gasteiger partial charge is 0.306 e. The van der Waals surface area contributed by atoms with E-state index in [-0.39, 0.29) is 19.4 Å². The van der Waals surface area contributed by atoms with Crippen LogP contribution in [0.1, 0.15) is 181 Å². The number of allylic oxidation sites excluding steroid dienone is 8. The molecule has 2 heterocycles. The molecule has 0 spiro atoms. The Bertz CT molecular complexity index is 1370. The molecule has 0 bridgehead atoms. The molecule has 0 radical (unpaired) electrons. The van der Waals surface area contributed by atoms with Gasteiger partial charge >= 0.3 is 11.9 Å². The highest BCUT2D eigenvalue weighted by Gasteiger charge is 2.47. The average Bonchev–Trinajstić information content (AvgIpc) is 3.33. The van der Waals surface area contributed by atoms with Crippen molar-refractivity contribution in [2.24, 2.45) is 0 Å². The molecule has 15 nitrogen and oxygen atoms in total. The zero-order valence-electron chi connectivity index (χ0n) is 41.6. The van der Waals surface area contributed by atoms with E-state index in [2.05, 4.69) is 62.5 Å². The Hall–Kier alpha value is -2.54. The number of aliphatic hydroxyl groups is 7. The lowest BCUT2D eigenvalue weighted by Gasteiger charge is -2.42. The zero-order chi connectivity index (χ0) is 49.6. The van der Waals surface area contributed by atoms with E-state index in [0.717, 1.165) is 64.2 Å².